The fourth-order valence-electron chi connectivity index (χ4n) is 4.18. The number of benzene rings is 3. The van der Waals surface area contributed by atoms with Gasteiger partial charge in [0.1, 0.15) is 0 Å². The van der Waals surface area contributed by atoms with E-state index in [2.05, 4.69) is 17.6 Å². The molecule has 6 nitrogen and oxygen atoms in total. The van der Waals surface area contributed by atoms with Crippen molar-refractivity contribution in [3.8, 4) is 0 Å². The maximum Gasteiger partial charge on any atom is 0.255 e. The van der Waals surface area contributed by atoms with Crippen molar-refractivity contribution in [3.05, 3.63) is 89.0 Å². The van der Waals surface area contributed by atoms with Crippen LogP contribution in [0.3, 0.4) is 0 Å². The molecule has 3 aromatic rings. The van der Waals surface area contributed by atoms with E-state index in [9.17, 15) is 14.4 Å². The Morgan fingerprint density at radius 2 is 1.74 bits per heavy atom. The first-order valence-electron chi connectivity index (χ1n) is 11.5. The van der Waals surface area contributed by atoms with E-state index in [1.165, 1.54) is 5.56 Å². The van der Waals surface area contributed by atoms with E-state index in [0.717, 1.165) is 28.9 Å². The van der Waals surface area contributed by atoms with Gasteiger partial charge in [0.05, 0.1) is 5.92 Å². The fourth-order valence-corrected chi connectivity index (χ4v) is 4.18. The van der Waals surface area contributed by atoms with Crippen LogP contribution in [0.15, 0.2) is 66.7 Å². The van der Waals surface area contributed by atoms with Crippen LogP contribution in [0.5, 0.6) is 0 Å². The summed E-state index contributed by atoms with van der Waals surface area (Å²) in [6.07, 6.45) is 1.09. The number of amides is 3. The number of aryl methyl sites for hydroxylation is 3. The highest BCUT2D eigenvalue weighted by Gasteiger charge is 2.35. The summed E-state index contributed by atoms with van der Waals surface area (Å²) in [6, 6.07) is 20.5. The van der Waals surface area contributed by atoms with Crippen LogP contribution in [0.4, 0.5) is 17.1 Å². The van der Waals surface area contributed by atoms with Crippen LogP contribution in [-0.2, 0) is 16.0 Å². The van der Waals surface area contributed by atoms with Gasteiger partial charge in [-0.1, -0.05) is 42.8 Å². The van der Waals surface area contributed by atoms with Crippen LogP contribution in [0.1, 0.15) is 40.4 Å². The molecule has 0 aliphatic carbocycles. The molecule has 1 fully saturated rings. The largest absolute Gasteiger partial charge is 0.326 e. The number of anilines is 3. The van der Waals surface area contributed by atoms with Crippen LogP contribution < -0.4 is 15.5 Å². The van der Waals surface area contributed by atoms with E-state index in [1.54, 1.807) is 29.2 Å². The second kappa shape index (κ2) is 9.91. The van der Waals surface area contributed by atoms with Crippen LogP contribution in [0.25, 0.3) is 0 Å². The topological polar surface area (TPSA) is 78.5 Å². The zero-order valence-electron chi connectivity index (χ0n) is 19.7. The molecule has 4 rings (SSSR count). The van der Waals surface area contributed by atoms with E-state index >= 15 is 0 Å². The number of carbonyl (C=O) groups is 3. The van der Waals surface area contributed by atoms with Crippen LogP contribution in [0, 0.1) is 19.8 Å². The summed E-state index contributed by atoms with van der Waals surface area (Å²) in [5.41, 5.74) is 5.84. The Kier molecular flexibility index (Phi) is 6.77. The third-order valence-electron chi connectivity index (χ3n) is 6.17. The van der Waals surface area contributed by atoms with Crippen LogP contribution in [-0.4, -0.2) is 24.3 Å². The zero-order chi connectivity index (χ0) is 24.2. The summed E-state index contributed by atoms with van der Waals surface area (Å²) in [6.45, 7) is 6.37. The number of carbonyl (C=O) groups excluding carboxylic acids is 3. The van der Waals surface area contributed by atoms with Crippen molar-refractivity contribution < 1.29 is 14.4 Å². The molecule has 1 saturated heterocycles. The van der Waals surface area contributed by atoms with Gasteiger partial charge in [-0.2, -0.15) is 0 Å². The van der Waals surface area contributed by atoms with Gasteiger partial charge in [0.15, 0.2) is 0 Å². The van der Waals surface area contributed by atoms with E-state index in [0.29, 0.717) is 17.8 Å². The van der Waals surface area contributed by atoms with E-state index in [4.69, 9.17) is 0 Å². The molecule has 0 unspecified atom stereocenters. The summed E-state index contributed by atoms with van der Waals surface area (Å²) < 4.78 is 0. The smallest absolute Gasteiger partial charge is 0.255 e. The van der Waals surface area contributed by atoms with Gasteiger partial charge in [0.2, 0.25) is 11.8 Å². The molecule has 3 amide bonds. The lowest BCUT2D eigenvalue weighted by atomic mass is 10.1. The second-order valence-corrected chi connectivity index (χ2v) is 8.77. The molecule has 0 spiro atoms. The molecule has 6 heteroatoms. The Hall–Kier alpha value is -3.93. The zero-order valence-corrected chi connectivity index (χ0v) is 19.7. The van der Waals surface area contributed by atoms with Crippen molar-refractivity contribution in [1.29, 1.82) is 0 Å². The maximum absolute atomic E-state index is 12.9. The molecule has 1 heterocycles. The van der Waals surface area contributed by atoms with Crippen molar-refractivity contribution >= 4 is 34.8 Å². The number of nitrogens with one attached hydrogen (secondary N) is 2. The molecule has 0 radical (unpaired) electrons. The van der Waals surface area contributed by atoms with Gasteiger partial charge in [0.25, 0.3) is 5.91 Å². The monoisotopic (exact) mass is 455 g/mol. The average molecular weight is 456 g/mol. The minimum Gasteiger partial charge on any atom is -0.326 e. The van der Waals surface area contributed by atoms with E-state index < -0.39 is 5.92 Å². The molecule has 34 heavy (non-hydrogen) atoms. The molecule has 0 aromatic heterocycles. The van der Waals surface area contributed by atoms with Crippen molar-refractivity contribution in [1.82, 2.24) is 0 Å². The molecule has 0 bridgehead atoms. The summed E-state index contributed by atoms with van der Waals surface area (Å²) in [4.78, 5) is 39.9. The average Bonchev–Trinajstić information content (AvgIpc) is 3.23. The highest BCUT2D eigenvalue weighted by atomic mass is 16.2. The van der Waals surface area contributed by atoms with Crippen molar-refractivity contribution in [2.45, 2.75) is 33.6 Å². The first-order valence-corrected chi connectivity index (χ1v) is 11.5. The molecule has 1 aliphatic heterocycles. The predicted octanol–water partition coefficient (Wildman–Crippen LogP) is 5.11. The molecule has 1 aliphatic rings. The summed E-state index contributed by atoms with van der Waals surface area (Å²) >= 11 is 0. The molecule has 0 saturated carbocycles. The Morgan fingerprint density at radius 3 is 2.44 bits per heavy atom. The van der Waals surface area contributed by atoms with Gasteiger partial charge < -0.3 is 15.5 Å². The highest BCUT2D eigenvalue weighted by molar-refractivity contribution is 6.06. The van der Waals surface area contributed by atoms with Gasteiger partial charge in [-0.25, -0.2) is 0 Å². The lowest BCUT2D eigenvalue weighted by Crippen LogP contribution is -2.28. The number of nitrogens with zero attached hydrogens (tertiary/aromatic N) is 1. The molecule has 2 N–H and O–H groups in total. The van der Waals surface area contributed by atoms with Crippen molar-refractivity contribution in [2.75, 3.05) is 22.1 Å². The van der Waals surface area contributed by atoms with Crippen molar-refractivity contribution in [3.63, 3.8) is 0 Å². The van der Waals surface area contributed by atoms with Gasteiger partial charge in [0, 0.05) is 35.6 Å². The molecule has 3 aromatic carbocycles. The number of hydrogen-bond acceptors (Lipinski definition) is 3. The summed E-state index contributed by atoms with van der Waals surface area (Å²) in [5, 5.41) is 5.80. The van der Waals surface area contributed by atoms with Crippen LogP contribution >= 0.6 is 0 Å². The first kappa shape index (κ1) is 23.2. The Labute approximate surface area is 200 Å². The third kappa shape index (κ3) is 5.17. The Morgan fingerprint density at radius 1 is 0.971 bits per heavy atom. The Balaban J connectivity index is 1.41. The van der Waals surface area contributed by atoms with E-state index in [-0.39, 0.29) is 24.1 Å². The normalized spacial score (nSPS) is 15.3. The predicted molar refractivity (Wildman–Crippen MR) is 135 cm³/mol. The Bertz CT molecular complexity index is 1230. The fraction of sp³-hybridized carbons (Fsp3) is 0.250. The second-order valence-electron chi connectivity index (χ2n) is 8.77. The lowest BCUT2D eigenvalue weighted by molar-refractivity contribution is -0.122. The van der Waals surface area contributed by atoms with E-state index in [1.807, 2.05) is 56.3 Å². The minimum atomic E-state index is -0.453. The quantitative estimate of drug-likeness (QED) is 0.542. The van der Waals surface area contributed by atoms with Gasteiger partial charge in [-0.15, -0.1) is 0 Å². The maximum atomic E-state index is 12.9. The summed E-state index contributed by atoms with van der Waals surface area (Å²) in [7, 11) is 0. The first-order chi connectivity index (χ1) is 16.3. The molecule has 1 atom stereocenters. The van der Waals surface area contributed by atoms with Gasteiger partial charge in [-0.3, -0.25) is 14.4 Å². The molecular formula is C28H29N3O3. The standard InChI is InChI=1S/C28H29N3O3/c1-4-20-9-11-24(12-10-20)31-17-22(16-26(31)32)28(34)29-23-7-5-6-21(15-23)27(33)30-25-13-8-18(2)14-19(25)3/h5-15,22H,4,16-17H2,1-3H3,(H,29,34)(H,30,33)/t22-/m1/s1. The highest BCUT2D eigenvalue weighted by Crippen LogP contribution is 2.27. The van der Waals surface area contributed by atoms with Gasteiger partial charge in [-0.05, 0) is 67.8 Å². The van der Waals surface area contributed by atoms with Crippen LogP contribution in [0.2, 0.25) is 0 Å². The third-order valence-corrected chi connectivity index (χ3v) is 6.17. The lowest BCUT2D eigenvalue weighted by Gasteiger charge is -2.17. The minimum absolute atomic E-state index is 0.0639. The number of hydrogen-bond donors (Lipinski definition) is 2. The molecule has 174 valence electrons. The molecular weight excluding hydrogens is 426 g/mol. The van der Waals surface area contributed by atoms with Crippen molar-refractivity contribution in [2.24, 2.45) is 5.92 Å². The number of rotatable bonds is 6. The van der Waals surface area contributed by atoms with Gasteiger partial charge >= 0.3 is 0 Å². The summed E-state index contributed by atoms with van der Waals surface area (Å²) in [5.74, 6) is -0.995. The SMILES string of the molecule is CCc1ccc(N2C[C@H](C(=O)Nc3cccc(C(=O)Nc4ccc(C)cc4C)c3)CC2=O)cc1.